The fraction of sp³-hybridized carbons (Fsp3) is 0.385. The number of carboxylic acids is 1. The largest absolute Gasteiger partial charge is 0.481 e. The standard InChI is InChI=1S/C26H29N3O6/c1-16-12-17(25(32)33)10-11-29(16)24(31)14-27-23(30)13-28-26(34)35-15-22-20-8-4-2-6-18(20)19-7-3-5-9-21(19)22/h2-9,16-17,22H,10-15H2,1H3,(H,27,30)(H,28,34)(H,32,33). The first-order valence-electron chi connectivity index (χ1n) is 11.7. The molecule has 3 N–H and O–H groups in total. The minimum absolute atomic E-state index is 0.0770. The molecule has 1 saturated heterocycles. The van der Waals surface area contributed by atoms with Crippen LogP contribution >= 0.6 is 0 Å². The normalized spacial score (nSPS) is 18.8. The van der Waals surface area contributed by atoms with Gasteiger partial charge in [0.15, 0.2) is 0 Å². The van der Waals surface area contributed by atoms with Crippen LogP contribution in [0.15, 0.2) is 48.5 Å². The topological polar surface area (TPSA) is 125 Å². The Morgan fingerprint density at radius 3 is 2.20 bits per heavy atom. The van der Waals surface area contributed by atoms with E-state index in [4.69, 9.17) is 9.84 Å². The number of rotatable bonds is 7. The lowest BCUT2D eigenvalue weighted by molar-refractivity contribution is -0.147. The van der Waals surface area contributed by atoms with E-state index >= 15 is 0 Å². The van der Waals surface area contributed by atoms with Gasteiger partial charge in [-0.2, -0.15) is 0 Å². The first kappa shape index (κ1) is 24.3. The van der Waals surface area contributed by atoms with E-state index in [1.807, 2.05) is 36.4 Å². The number of nitrogens with one attached hydrogen (secondary N) is 2. The van der Waals surface area contributed by atoms with Crippen LogP contribution in [0.4, 0.5) is 4.79 Å². The number of alkyl carbamates (subject to hydrolysis) is 1. The van der Waals surface area contributed by atoms with Gasteiger partial charge in [0.2, 0.25) is 11.8 Å². The number of hydrogen-bond acceptors (Lipinski definition) is 5. The maximum atomic E-state index is 12.4. The van der Waals surface area contributed by atoms with Gasteiger partial charge in [-0.05, 0) is 42.0 Å². The first-order valence-corrected chi connectivity index (χ1v) is 11.7. The summed E-state index contributed by atoms with van der Waals surface area (Å²) in [5.74, 6) is -2.18. The fourth-order valence-electron chi connectivity index (χ4n) is 4.91. The van der Waals surface area contributed by atoms with Gasteiger partial charge in [0, 0.05) is 18.5 Å². The van der Waals surface area contributed by atoms with Gasteiger partial charge in [-0.3, -0.25) is 14.4 Å². The highest BCUT2D eigenvalue weighted by Gasteiger charge is 2.32. The minimum atomic E-state index is -0.850. The predicted molar refractivity (Wildman–Crippen MR) is 128 cm³/mol. The Balaban J connectivity index is 1.20. The highest BCUT2D eigenvalue weighted by molar-refractivity contribution is 5.87. The van der Waals surface area contributed by atoms with Crippen molar-refractivity contribution in [1.29, 1.82) is 0 Å². The Kier molecular flexibility index (Phi) is 7.33. The maximum Gasteiger partial charge on any atom is 0.407 e. The summed E-state index contributed by atoms with van der Waals surface area (Å²) >= 11 is 0. The number of piperidine rings is 1. The Morgan fingerprint density at radius 2 is 1.60 bits per heavy atom. The molecule has 1 aliphatic heterocycles. The Morgan fingerprint density at radius 1 is 0.971 bits per heavy atom. The number of ether oxygens (including phenoxy) is 1. The first-order chi connectivity index (χ1) is 16.8. The van der Waals surface area contributed by atoms with Crippen molar-refractivity contribution in [3.63, 3.8) is 0 Å². The number of carbonyl (C=O) groups is 4. The maximum absolute atomic E-state index is 12.4. The van der Waals surface area contributed by atoms with E-state index in [0.29, 0.717) is 19.4 Å². The SMILES string of the molecule is CC1CC(C(=O)O)CCN1C(=O)CNC(=O)CNC(=O)OCC1c2ccccc2-c2ccccc21. The number of amides is 3. The zero-order chi connectivity index (χ0) is 24.9. The van der Waals surface area contributed by atoms with Gasteiger partial charge in [-0.15, -0.1) is 0 Å². The number of hydrogen-bond donors (Lipinski definition) is 3. The lowest BCUT2D eigenvalue weighted by atomic mass is 9.92. The number of aliphatic carboxylic acids is 1. The second-order valence-electron chi connectivity index (χ2n) is 8.95. The molecule has 0 spiro atoms. The van der Waals surface area contributed by atoms with Crippen LogP contribution in [0.5, 0.6) is 0 Å². The predicted octanol–water partition coefficient (Wildman–Crippen LogP) is 2.35. The minimum Gasteiger partial charge on any atom is -0.481 e. The number of nitrogens with zero attached hydrogens (tertiary/aromatic N) is 1. The van der Waals surface area contributed by atoms with Crippen molar-refractivity contribution in [2.45, 2.75) is 31.7 Å². The summed E-state index contributed by atoms with van der Waals surface area (Å²) in [4.78, 5) is 49.5. The van der Waals surface area contributed by atoms with E-state index in [2.05, 4.69) is 22.8 Å². The van der Waals surface area contributed by atoms with Crippen LogP contribution in [0.2, 0.25) is 0 Å². The Bertz CT molecular complexity index is 1090. The molecule has 9 heteroatoms. The highest BCUT2D eigenvalue weighted by atomic mass is 16.5. The summed E-state index contributed by atoms with van der Waals surface area (Å²) in [6.45, 7) is 1.75. The molecule has 2 aliphatic rings. The summed E-state index contributed by atoms with van der Waals surface area (Å²) in [5.41, 5.74) is 4.45. The molecule has 1 heterocycles. The van der Waals surface area contributed by atoms with E-state index in [-0.39, 0.29) is 37.6 Å². The van der Waals surface area contributed by atoms with Gasteiger partial charge >= 0.3 is 12.1 Å². The summed E-state index contributed by atoms with van der Waals surface area (Å²) in [6.07, 6.45) is 0.0684. The Hall–Kier alpha value is -3.88. The summed E-state index contributed by atoms with van der Waals surface area (Å²) in [7, 11) is 0. The van der Waals surface area contributed by atoms with Gasteiger partial charge in [-0.1, -0.05) is 48.5 Å². The molecule has 0 bridgehead atoms. The third-order valence-corrected chi connectivity index (χ3v) is 6.72. The van der Waals surface area contributed by atoms with Crippen LogP contribution in [0, 0.1) is 5.92 Å². The van der Waals surface area contributed by atoms with Gasteiger partial charge in [0.05, 0.1) is 12.5 Å². The van der Waals surface area contributed by atoms with Crippen molar-refractivity contribution >= 4 is 23.9 Å². The molecule has 35 heavy (non-hydrogen) atoms. The molecule has 1 fully saturated rings. The molecule has 2 aromatic carbocycles. The lowest BCUT2D eigenvalue weighted by Gasteiger charge is -2.36. The van der Waals surface area contributed by atoms with E-state index in [9.17, 15) is 19.2 Å². The van der Waals surface area contributed by atoms with Crippen LogP contribution in [0.3, 0.4) is 0 Å². The average molecular weight is 480 g/mol. The molecule has 1 aliphatic carbocycles. The van der Waals surface area contributed by atoms with Crippen LogP contribution < -0.4 is 10.6 Å². The number of likely N-dealkylation sites (tertiary alicyclic amines) is 1. The van der Waals surface area contributed by atoms with Crippen molar-refractivity contribution in [1.82, 2.24) is 15.5 Å². The van der Waals surface area contributed by atoms with E-state index in [1.165, 1.54) is 0 Å². The second-order valence-corrected chi connectivity index (χ2v) is 8.95. The van der Waals surface area contributed by atoms with Crippen molar-refractivity contribution < 1.29 is 29.0 Å². The number of carbonyl (C=O) groups excluding carboxylic acids is 3. The highest BCUT2D eigenvalue weighted by Crippen LogP contribution is 2.44. The molecule has 2 aromatic rings. The monoisotopic (exact) mass is 479 g/mol. The Labute approximate surface area is 203 Å². The smallest absolute Gasteiger partial charge is 0.407 e. The third-order valence-electron chi connectivity index (χ3n) is 6.72. The number of fused-ring (bicyclic) bond motifs is 3. The van der Waals surface area contributed by atoms with Crippen LogP contribution in [0.25, 0.3) is 11.1 Å². The quantitative estimate of drug-likeness (QED) is 0.560. The summed E-state index contributed by atoms with van der Waals surface area (Å²) in [6, 6.07) is 15.8. The van der Waals surface area contributed by atoms with Gasteiger partial charge in [0.1, 0.15) is 13.2 Å². The molecule has 9 nitrogen and oxygen atoms in total. The van der Waals surface area contributed by atoms with Gasteiger partial charge in [-0.25, -0.2) is 4.79 Å². The molecule has 3 amide bonds. The van der Waals surface area contributed by atoms with E-state index in [0.717, 1.165) is 22.3 Å². The van der Waals surface area contributed by atoms with Crippen molar-refractivity contribution in [2.75, 3.05) is 26.2 Å². The fourth-order valence-corrected chi connectivity index (χ4v) is 4.91. The van der Waals surface area contributed by atoms with Crippen LogP contribution in [0.1, 0.15) is 36.8 Å². The molecule has 184 valence electrons. The zero-order valence-electron chi connectivity index (χ0n) is 19.5. The van der Waals surface area contributed by atoms with Crippen molar-refractivity contribution in [3.8, 4) is 11.1 Å². The molecule has 2 unspecified atom stereocenters. The number of carboxylic acid groups (broad SMARTS) is 1. The second kappa shape index (κ2) is 10.6. The van der Waals surface area contributed by atoms with E-state index < -0.39 is 23.9 Å². The molecule has 0 radical (unpaired) electrons. The average Bonchev–Trinajstić information content (AvgIpc) is 3.18. The van der Waals surface area contributed by atoms with Crippen molar-refractivity contribution in [2.24, 2.45) is 5.92 Å². The van der Waals surface area contributed by atoms with Gasteiger partial charge < -0.3 is 25.4 Å². The molecule has 4 rings (SSSR count). The van der Waals surface area contributed by atoms with E-state index in [1.54, 1.807) is 11.8 Å². The van der Waals surface area contributed by atoms with Gasteiger partial charge in [0.25, 0.3) is 0 Å². The number of benzene rings is 2. The molecule has 0 aromatic heterocycles. The molecule has 0 saturated carbocycles. The zero-order valence-corrected chi connectivity index (χ0v) is 19.5. The molecule has 2 atom stereocenters. The third kappa shape index (κ3) is 5.45. The van der Waals surface area contributed by atoms with Crippen LogP contribution in [-0.2, 0) is 19.1 Å². The summed E-state index contributed by atoms with van der Waals surface area (Å²) < 4.78 is 5.40. The lowest BCUT2D eigenvalue weighted by Crippen LogP contribution is -2.50. The molecular weight excluding hydrogens is 450 g/mol. The van der Waals surface area contributed by atoms with Crippen molar-refractivity contribution in [3.05, 3.63) is 59.7 Å². The summed E-state index contributed by atoms with van der Waals surface area (Å²) in [5, 5.41) is 14.1. The van der Waals surface area contributed by atoms with Crippen LogP contribution in [-0.4, -0.2) is 66.2 Å². The molecular formula is C26H29N3O6.